The lowest BCUT2D eigenvalue weighted by Crippen LogP contribution is -2.70. The summed E-state index contributed by atoms with van der Waals surface area (Å²) >= 11 is 3.24. The topological polar surface area (TPSA) is 231 Å². The quantitative estimate of drug-likeness (QED) is 0.0749. The molecule has 2 aromatic heterocycles. The van der Waals surface area contributed by atoms with Gasteiger partial charge in [0.15, 0.2) is 16.0 Å². The number of hydrogen-bond acceptors (Lipinski definition) is 16. The number of β-lactam (4-membered cyclic amide) rings is 1. The molecule has 4 heterocycles. The minimum Gasteiger partial charge on any atom is -0.477 e. The molecule has 0 aliphatic carbocycles. The van der Waals surface area contributed by atoms with Gasteiger partial charge in [0.05, 0.1) is 5.41 Å². The molecule has 17 nitrogen and oxygen atoms in total. The Morgan fingerprint density at radius 3 is 2.56 bits per heavy atom. The van der Waals surface area contributed by atoms with Crippen LogP contribution in [0.1, 0.15) is 37.1 Å². The number of rotatable bonds is 11. The molecule has 0 saturated carbocycles. The van der Waals surface area contributed by atoms with Crippen LogP contribution < -0.4 is 11.1 Å². The summed E-state index contributed by atoms with van der Waals surface area (Å²) in [4.78, 5) is 77.1. The molecule has 4 rings (SSSR count). The standard InChI is InChI=1S/C25H28N8O9S3/c1-10-11(7-44-24-29-16(30-32(24)5)21(38)41-9-42-22(39)25(2,3)4)15(20(36)37)33-18(35)14(19(33)45-10)28-17(34)13(31-40-6)12-8-43-23(26)27-12/h8,14,19H,1,7,9H2,2-6H3,(H2,26,27)(H,28,34)(H,36,37)/t14-,19-/m1/s1. The highest BCUT2D eigenvalue weighted by molar-refractivity contribution is 8.04. The Hall–Kier alpha value is -4.43. The van der Waals surface area contributed by atoms with E-state index in [1.165, 1.54) is 24.2 Å². The number of aliphatic carboxylic acids is 1. The maximum Gasteiger partial charge on any atom is 0.381 e. The molecule has 0 radical (unpaired) electrons. The number of allylic oxidation sites excluding steroid dienone is 1. The van der Waals surface area contributed by atoms with E-state index in [4.69, 9.17) is 20.0 Å². The van der Waals surface area contributed by atoms with E-state index < -0.39 is 53.3 Å². The van der Waals surface area contributed by atoms with Crippen LogP contribution in [0.3, 0.4) is 0 Å². The number of esters is 2. The molecule has 0 spiro atoms. The van der Waals surface area contributed by atoms with Gasteiger partial charge in [-0.1, -0.05) is 35.3 Å². The Labute approximate surface area is 268 Å². The van der Waals surface area contributed by atoms with Crippen molar-refractivity contribution < 1.29 is 43.4 Å². The van der Waals surface area contributed by atoms with Gasteiger partial charge in [0.25, 0.3) is 17.6 Å². The molecule has 4 N–H and O–H groups in total. The number of fused-ring (bicyclic) bond motifs is 1. The fraction of sp³-hybridized carbons (Fsp3) is 0.400. The van der Waals surface area contributed by atoms with Crippen molar-refractivity contribution in [1.82, 2.24) is 30.0 Å². The van der Waals surface area contributed by atoms with Crippen LogP contribution in [0.25, 0.3) is 0 Å². The van der Waals surface area contributed by atoms with Crippen molar-refractivity contribution in [3.8, 4) is 0 Å². The largest absolute Gasteiger partial charge is 0.477 e. The molecule has 2 amide bonds. The molecule has 0 unspecified atom stereocenters. The number of carboxylic acids is 1. The second-order valence-electron chi connectivity index (χ2n) is 10.3. The lowest BCUT2D eigenvalue weighted by atomic mass is 9.98. The average molecular weight is 681 g/mol. The number of nitrogens with zero attached hydrogens (tertiary/aromatic N) is 6. The number of nitrogens with two attached hydrogens (primary N) is 1. The predicted octanol–water partition coefficient (Wildman–Crippen LogP) is 0.952. The Kier molecular flexibility index (Phi) is 9.88. The van der Waals surface area contributed by atoms with Gasteiger partial charge >= 0.3 is 17.9 Å². The molecule has 45 heavy (non-hydrogen) atoms. The van der Waals surface area contributed by atoms with Crippen molar-refractivity contribution in [2.24, 2.45) is 17.6 Å². The monoisotopic (exact) mass is 680 g/mol. The zero-order chi connectivity index (χ0) is 33.2. The van der Waals surface area contributed by atoms with Crippen molar-refractivity contribution in [2.45, 2.75) is 37.3 Å². The van der Waals surface area contributed by atoms with Crippen LogP contribution in [0.5, 0.6) is 0 Å². The molecule has 2 aromatic rings. The predicted molar refractivity (Wildman–Crippen MR) is 162 cm³/mol. The van der Waals surface area contributed by atoms with Crippen LogP contribution in [-0.2, 0) is 40.5 Å². The van der Waals surface area contributed by atoms with Gasteiger partial charge in [-0.15, -0.1) is 16.4 Å². The fourth-order valence-corrected chi connectivity index (χ4v) is 6.71. The first kappa shape index (κ1) is 33.5. The van der Waals surface area contributed by atoms with Crippen molar-refractivity contribution in [3.05, 3.63) is 39.7 Å². The van der Waals surface area contributed by atoms with Gasteiger partial charge < -0.3 is 30.5 Å². The third kappa shape index (κ3) is 7.12. The molecular weight excluding hydrogens is 653 g/mol. The number of nitrogen functional groups attached to an aromatic ring is 1. The summed E-state index contributed by atoms with van der Waals surface area (Å²) in [5.74, 6) is -4.58. The van der Waals surface area contributed by atoms with Gasteiger partial charge in [0.1, 0.15) is 29.9 Å². The number of hydrogen-bond donors (Lipinski definition) is 3. The summed E-state index contributed by atoms with van der Waals surface area (Å²) < 4.78 is 11.1. The van der Waals surface area contributed by atoms with Gasteiger partial charge in [-0.25, -0.2) is 19.3 Å². The minimum absolute atomic E-state index is 0.00109. The zero-order valence-corrected chi connectivity index (χ0v) is 27.0. The molecular formula is C25H28N8O9S3. The number of nitrogens with one attached hydrogen (secondary N) is 1. The van der Waals surface area contributed by atoms with E-state index in [0.717, 1.165) is 39.8 Å². The van der Waals surface area contributed by atoms with Crippen LogP contribution in [0.2, 0.25) is 0 Å². The first-order valence-electron chi connectivity index (χ1n) is 12.8. The minimum atomic E-state index is -1.37. The van der Waals surface area contributed by atoms with E-state index in [2.05, 4.69) is 32.1 Å². The highest BCUT2D eigenvalue weighted by Crippen LogP contribution is 2.47. The number of carbonyl (C=O) groups is 5. The number of thioether (sulfide) groups is 2. The summed E-state index contributed by atoms with van der Waals surface area (Å²) in [5, 5.41) is 21.5. The molecule has 20 heteroatoms. The average Bonchev–Trinajstić information content (AvgIpc) is 3.57. The van der Waals surface area contributed by atoms with E-state index in [1.807, 2.05) is 0 Å². The van der Waals surface area contributed by atoms with Crippen LogP contribution in [0.4, 0.5) is 5.13 Å². The van der Waals surface area contributed by atoms with Gasteiger partial charge in [0, 0.05) is 28.7 Å². The number of oxime groups is 1. The number of ether oxygens (including phenoxy) is 2. The highest BCUT2D eigenvalue weighted by Gasteiger charge is 2.55. The lowest BCUT2D eigenvalue weighted by Gasteiger charge is -2.49. The smallest absolute Gasteiger partial charge is 0.381 e. The van der Waals surface area contributed by atoms with E-state index in [1.54, 1.807) is 20.8 Å². The number of amides is 2. The molecule has 0 aromatic carbocycles. The van der Waals surface area contributed by atoms with E-state index >= 15 is 0 Å². The molecule has 1 saturated heterocycles. The number of thiazole rings is 1. The molecule has 2 atom stereocenters. The Morgan fingerprint density at radius 2 is 1.96 bits per heavy atom. The maximum absolute atomic E-state index is 13.2. The van der Waals surface area contributed by atoms with Gasteiger partial charge in [0.2, 0.25) is 6.79 Å². The summed E-state index contributed by atoms with van der Waals surface area (Å²) in [5.41, 5.74) is 4.76. The van der Waals surface area contributed by atoms with Crippen LogP contribution in [0, 0.1) is 5.41 Å². The highest BCUT2D eigenvalue weighted by atomic mass is 32.2. The van der Waals surface area contributed by atoms with E-state index in [9.17, 15) is 29.1 Å². The Morgan fingerprint density at radius 1 is 1.24 bits per heavy atom. The number of aromatic nitrogens is 4. The second kappa shape index (κ2) is 13.3. The SMILES string of the molecule is C=C1S[C@@H]2[C@H](NC(=O)C(=NOC)c3csc(N)n3)C(=O)N2C(C(=O)O)=C1CSc1nc(C(=O)OCOC(=O)C(C)(C)C)nn1C. The van der Waals surface area contributed by atoms with Crippen LogP contribution in [0.15, 0.2) is 38.4 Å². The molecule has 2 aliphatic rings. The Balaban J connectivity index is 1.44. The lowest BCUT2D eigenvalue weighted by molar-refractivity contribution is -0.161. The second-order valence-corrected chi connectivity index (χ2v) is 13.3. The third-order valence-electron chi connectivity index (χ3n) is 6.06. The van der Waals surface area contributed by atoms with Crippen LogP contribution >= 0.6 is 34.9 Å². The Bertz CT molecular complexity index is 1640. The van der Waals surface area contributed by atoms with Crippen LogP contribution in [-0.4, -0.2) is 96.3 Å². The van der Waals surface area contributed by atoms with Crippen molar-refractivity contribution in [2.75, 3.05) is 25.4 Å². The maximum atomic E-state index is 13.2. The fourth-order valence-electron chi connectivity index (χ4n) is 3.87. The van der Waals surface area contributed by atoms with Gasteiger partial charge in [-0.05, 0) is 20.8 Å². The van der Waals surface area contributed by atoms with E-state index in [0.29, 0.717) is 4.91 Å². The number of aryl methyl sites for hydroxylation is 1. The molecule has 0 bridgehead atoms. The van der Waals surface area contributed by atoms with Gasteiger partial charge in [-0.2, -0.15) is 4.98 Å². The molecule has 240 valence electrons. The molecule has 1 fully saturated rings. The summed E-state index contributed by atoms with van der Waals surface area (Å²) in [6.45, 7) is 8.32. The summed E-state index contributed by atoms with van der Waals surface area (Å²) in [6, 6.07) is -1.09. The summed E-state index contributed by atoms with van der Waals surface area (Å²) in [6.07, 6.45) is 0. The van der Waals surface area contributed by atoms with Crippen molar-refractivity contribution in [3.63, 3.8) is 0 Å². The van der Waals surface area contributed by atoms with E-state index in [-0.39, 0.29) is 44.5 Å². The number of anilines is 1. The zero-order valence-electron chi connectivity index (χ0n) is 24.6. The van der Waals surface area contributed by atoms with Crippen molar-refractivity contribution >= 4 is 75.4 Å². The first-order valence-corrected chi connectivity index (χ1v) is 15.6. The first-order chi connectivity index (χ1) is 21.1. The molecule has 2 aliphatic heterocycles. The number of carboxylic acid groups (broad SMARTS) is 1. The van der Waals surface area contributed by atoms with Crippen molar-refractivity contribution in [1.29, 1.82) is 0 Å². The third-order valence-corrected chi connectivity index (χ3v) is 9.04. The normalized spacial score (nSPS) is 18.2. The number of carbonyl (C=O) groups excluding carboxylic acids is 4. The summed E-state index contributed by atoms with van der Waals surface area (Å²) in [7, 11) is 2.76. The van der Waals surface area contributed by atoms with Gasteiger partial charge in [-0.3, -0.25) is 19.3 Å².